The molecule has 1 aromatic rings. The van der Waals surface area contributed by atoms with Gasteiger partial charge in [0.25, 0.3) is 0 Å². The Morgan fingerprint density at radius 3 is 1.92 bits per heavy atom. The maximum Gasteiger partial charge on any atom is 0.424 e. The fraction of sp³-hybridized carbons (Fsp3) is 0. The summed E-state index contributed by atoms with van der Waals surface area (Å²) in [6.45, 7) is 0. The van der Waals surface area contributed by atoms with Crippen LogP contribution in [0, 0.1) is 0 Å². The number of carbonyl (C=O) groups is 1. The summed E-state index contributed by atoms with van der Waals surface area (Å²) in [5.41, 5.74) is -3.60. The summed E-state index contributed by atoms with van der Waals surface area (Å²) in [5.74, 6) is 0. The number of rotatable bonds is 0. The first-order chi connectivity index (χ1) is 5.52. The molecule has 0 saturated carbocycles. The van der Waals surface area contributed by atoms with Gasteiger partial charge in [0.15, 0.2) is 0 Å². The van der Waals surface area contributed by atoms with Crippen molar-refractivity contribution in [2.75, 3.05) is 0 Å². The smallest absolute Gasteiger partial charge is 0.424 e. The van der Waals surface area contributed by atoms with Crippen LogP contribution in [-0.4, -0.2) is 25.7 Å². The summed E-state index contributed by atoms with van der Waals surface area (Å²) in [6.07, 6.45) is -1.75. The van der Waals surface area contributed by atoms with Crippen molar-refractivity contribution in [2.45, 2.75) is 0 Å². The molecule has 0 spiro atoms. The Hall–Kier alpha value is -2.12. The van der Waals surface area contributed by atoms with E-state index in [0.717, 1.165) is 0 Å². The molecule has 64 valence electrons. The maximum absolute atomic E-state index is 10.6. The predicted octanol–water partition coefficient (Wildman–Crippen LogP) is -2.25. The number of carboxylic acid groups (broad SMARTS) is 1. The fourth-order valence-electron chi connectivity index (χ4n) is 0.603. The molecule has 0 radical (unpaired) electrons. The van der Waals surface area contributed by atoms with Gasteiger partial charge >= 0.3 is 23.2 Å². The topological polar surface area (TPSA) is 125 Å². The van der Waals surface area contributed by atoms with Gasteiger partial charge in [-0.05, 0) is 0 Å². The second-order valence-corrected chi connectivity index (χ2v) is 1.81. The summed E-state index contributed by atoms with van der Waals surface area (Å²) in [6, 6.07) is 0. The molecule has 0 amide bonds. The Balaban J connectivity index is 3.73. The molecular weight excluding hydrogens is 170 g/mol. The summed E-state index contributed by atoms with van der Waals surface area (Å²) in [4.78, 5) is 44.9. The fourth-order valence-corrected chi connectivity index (χ4v) is 0.603. The van der Waals surface area contributed by atoms with Crippen molar-refractivity contribution >= 4 is 6.09 Å². The Morgan fingerprint density at radius 1 is 1.17 bits per heavy atom. The Morgan fingerprint density at radius 2 is 1.58 bits per heavy atom. The van der Waals surface area contributed by atoms with Gasteiger partial charge in [-0.15, -0.1) is 4.57 Å². The lowest BCUT2D eigenvalue weighted by molar-refractivity contribution is 0.193. The third-order valence-corrected chi connectivity index (χ3v) is 1.04. The van der Waals surface area contributed by atoms with Gasteiger partial charge in [0, 0.05) is 0 Å². The molecule has 0 fully saturated rings. The van der Waals surface area contributed by atoms with Crippen LogP contribution in [-0.2, 0) is 0 Å². The molecular formula is C4H3N3O5. The van der Waals surface area contributed by atoms with Crippen LogP contribution < -0.4 is 17.1 Å². The highest BCUT2D eigenvalue weighted by atomic mass is 16.4. The Labute approximate surface area is 63.1 Å². The minimum atomic E-state index is -1.75. The lowest BCUT2D eigenvalue weighted by atomic mass is 10.9. The number of nitrogens with zero attached hydrogens (tertiary/aromatic N) is 1. The number of aromatic amines is 2. The van der Waals surface area contributed by atoms with Crippen LogP contribution in [0.3, 0.4) is 0 Å². The highest BCUT2D eigenvalue weighted by molar-refractivity contribution is 5.66. The average Bonchev–Trinajstić information content (AvgIpc) is 1.82. The normalized spacial score (nSPS) is 9.67. The van der Waals surface area contributed by atoms with Crippen LogP contribution in [0.25, 0.3) is 0 Å². The van der Waals surface area contributed by atoms with E-state index in [1.807, 2.05) is 0 Å². The molecule has 0 saturated heterocycles. The van der Waals surface area contributed by atoms with E-state index in [9.17, 15) is 19.2 Å². The van der Waals surface area contributed by atoms with Gasteiger partial charge in [0.2, 0.25) is 0 Å². The first-order valence-corrected chi connectivity index (χ1v) is 2.71. The molecule has 0 aliphatic rings. The van der Waals surface area contributed by atoms with E-state index < -0.39 is 23.2 Å². The number of nitrogens with one attached hydrogen (secondary N) is 2. The van der Waals surface area contributed by atoms with Crippen LogP contribution >= 0.6 is 0 Å². The molecule has 0 unspecified atom stereocenters. The van der Waals surface area contributed by atoms with Crippen LogP contribution in [0.15, 0.2) is 14.4 Å². The van der Waals surface area contributed by atoms with E-state index >= 15 is 0 Å². The summed E-state index contributed by atoms with van der Waals surface area (Å²) < 4.78 is -0.151. The van der Waals surface area contributed by atoms with Crippen molar-refractivity contribution in [3.63, 3.8) is 0 Å². The molecule has 0 atom stereocenters. The lowest BCUT2D eigenvalue weighted by Gasteiger charge is -1.92. The van der Waals surface area contributed by atoms with Gasteiger partial charge in [-0.1, -0.05) is 0 Å². The summed E-state index contributed by atoms with van der Waals surface area (Å²) in [5, 5.41) is 8.26. The van der Waals surface area contributed by atoms with Gasteiger partial charge in [-0.3, -0.25) is 9.97 Å². The van der Waals surface area contributed by atoms with Crippen LogP contribution in [0.1, 0.15) is 0 Å². The van der Waals surface area contributed by atoms with Crippen molar-refractivity contribution in [1.82, 2.24) is 14.5 Å². The van der Waals surface area contributed by atoms with Gasteiger partial charge in [-0.2, -0.15) is 0 Å². The third-order valence-electron chi connectivity index (χ3n) is 1.04. The molecule has 1 heterocycles. The number of aromatic nitrogens is 3. The molecule has 1 aromatic heterocycles. The zero-order valence-electron chi connectivity index (χ0n) is 5.53. The van der Waals surface area contributed by atoms with E-state index in [-0.39, 0.29) is 4.57 Å². The molecule has 3 N–H and O–H groups in total. The zero-order chi connectivity index (χ0) is 9.30. The average molecular weight is 173 g/mol. The van der Waals surface area contributed by atoms with E-state index in [1.165, 1.54) is 0 Å². The SMILES string of the molecule is O=C(O)n1c(=O)[nH]c(=O)[nH]c1=O. The maximum atomic E-state index is 10.6. The van der Waals surface area contributed by atoms with Gasteiger partial charge in [0.1, 0.15) is 0 Å². The second-order valence-electron chi connectivity index (χ2n) is 1.81. The Kier molecular flexibility index (Phi) is 1.66. The Bertz CT molecular complexity index is 442. The van der Waals surface area contributed by atoms with Gasteiger partial charge < -0.3 is 5.11 Å². The highest BCUT2D eigenvalue weighted by Gasteiger charge is 2.08. The van der Waals surface area contributed by atoms with Crippen molar-refractivity contribution < 1.29 is 9.90 Å². The molecule has 8 nitrogen and oxygen atoms in total. The summed E-state index contributed by atoms with van der Waals surface area (Å²) in [7, 11) is 0. The lowest BCUT2D eigenvalue weighted by Crippen LogP contribution is -2.45. The number of hydrogen-bond acceptors (Lipinski definition) is 4. The highest BCUT2D eigenvalue weighted by Crippen LogP contribution is 1.62. The van der Waals surface area contributed by atoms with E-state index in [0.29, 0.717) is 0 Å². The quantitative estimate of drug-likeness (QED) is 0.408. The van der Waals surface area contributed by atoms with Crippen molar-refractivity contribution in [2.24, 2.45) is 0 Å². The molecule has 1 rings (SSSR count). The van der Waals surface area contributed by atoms with Crippen LogP contribution in [0.5, 0.6) is 0 Å². The number of hydrogen-bond donors (Lipinski definition) is 3. The zero-order valence-corrected chi connectivity index (χ0v) is 5.53. The molecule has 0 aliphatic heterocycles. The minimum Gasteiger partial charge on any atom is -0.464 e. The first-order valence-electron chi connectivity index (χ1n) is 2.71. The summed E-state index contributed by atoms with van der Waals surface area (Å²) >= 11 is 0. The first kappa shape index (κ1) is 7.98. The van der Waals surface area contributed by atoms with Crippen LogP contribution in [0.2, 0.25) is 0 Å². The predicted molar refractivity (Wildman–Crippen MR) is 35.4 cm³/mol. The van der Waals surface area contributed by atoms with Crippen LogP contribution in [0.4, 0.5) is 4.79 Å². The van der Waals surface area contributed by atoms with Crippen molar-refractivity contribution in [3.05, 3.63) is 31.5 Å². The van der Waals surface area contributed by atoms with Gasteiger partial charge in [0.05, 0.1) is 0 Å². The standard InChI is InChI=1S/C4H3N3O5/c8-1-5-2(9)7(4(11)12)3(10)6-1/h(H,11,12)(H2,5,6,8,9,10). The molecule has 8 heteroatoms. The minimum absolute atomic E-state index is 0.151. The van der Waals surface area contributed by atoms with Gasteiger partial charge in [-0.25, -0.2) is 19.2 Å². The van der Waals surface area contributed by atoms with Crippen molar-refractivity contribution in [1.29, 1.82) is 0 Å². The van der Waals surface area contributed by atoms with E-state index in [1.54, 1.807) is 9.97 Å². The van der Waals surface area contributed by atoms with E-state index in [4.69, 9.17) is 5.11 Å². The van der Waals surface area contributed by atoms with E-state index in [2.05, 4.69) is 0 Å². The second kappa shape index (κ2) is 2.49. The molecule has 0 aromatic carbocycles. The molecule has 0 aliphatic carbocycles. The molecule has 12 heavy (non-hydrogen) atoms. The third kappa shape index (κ3) is 1.17. The largest absolute Gasteiger partial charge is 0.464 e. The van der Waals surface area contributed by atoms with Crippen molar-refractivity contribution in [3.8, 4) is 0 Å². The molecule has 0 bridgehead atoms. The monoisotopic (exact) mass is 173 g/mol. The number of H-pyrrole nitrogens is 2.